The summed E-state index contributed by atoms with van der Waals surface area (Å²) in [4.78, 5) is 7.19. The van der Waals surface area contributed by atoms with Crippen LogP contribution in [0.1, 0.15) is 12.8 Å². The van der Waals surface area contributed by atoms with Crippen molar-refractivity contribution in [2.24, 2.45) is 5.92 Å². The summed E-state index contributed by atoms with van der Waals surface area (Å²) in [5, 5.41) is 3.76. The molecule has 3 fully saturated rings. The Bertz CT molecular complexity index is 617. The summed E-state index contributed by atoms with van der Waals surface area (Å²) >= 11 is 3.52. The molecule has 5 heteroatoms. The normalized spacial score (nSPS) is 28.9. The first kappa shape index (κ1) is 12.9. The van der Waals surface area contributed by atoms with Gasteiger partial charge in [-0.05, 0) is 56.3 Å². The number of hydrogen-bond donors (Lipinski definition) is 1. The molecule has 0 saturated carbocycles. The first-order valence-electron chi connectivity index (χ1n) is 7.25. The number of aromatic nitrogens is 1. The molecule has 20 heavy (non-hydrogen) atoms. The van der Waals surface area contributed by atoms with Crippen LogP contribution in [0.2, 0.25) is 0 Å². The molecule has 106 valence electrons. The number of fused-ring (bicyclic) bond motifs is 4. The average molecular weight is 305 g/mol. The van der Waals surface area contributed by atoms with E-state index in [4.69, 9.17) is 0 Å². The molecule has 0 amide bonds. The highest BCUT2D eigenvalue weighted by atomic mass is 32.2. The van der Waals surface area contributed by atoms with E-state index in [1.807, 2.05) is 0 Å². The summed E-state index contributed by atoms with van der Waals surface area (Å²) in [5.74, 6) is 0.860. The van der Waals surface area contributed by atoms with Crippen LogP contribution in [0.5, 0.6) is 0 Å². The number of hydrogen-bond acceptors (Lipinski definition) is 5. The number of thiazole rings is 1. The Morgan fingerprint density at radius 1 is 1.35 bits per heavy atom. The first-order valence-corrected chi connectivity index (χ1v) is 9.29. The average Bonchev–Trinajstić information content (AvgIpc) is 2.91. The maximum absolute atomic E-state index is 4.60. The Labute approximate surface area is 127 Å². The summed E-state index contributed by atoms with van der Waals surface area (Å²) in [6, 6.07) is 7.23. The van der Waals surface area contributed by atoms with Gasteiger partial charge in [-0.25, -0.2) is 4.98 Å². The van der Waals surface area contributed by atoms with E-state index >= 15 is 0 Å². The standard InChI is InChI=1S/C15H19N3S2/c1-19-15-17-12-3-2-11(8-14(12)20-15)16-13-9-18-6-4-10(13)5-7-18/h2-3,8,10,13,16H,4-7,9H2,1H3. The summed E-state index contributed by atoms with van der Waals surface area (Å²) in [6.07, 6.45) is 4.80. The predicted molar refractivity (Wildman–Crippen MR) is 88.0 cm³/mol. The second-order valence-corrected chi connectivity index (χ2v) is 7.84. The van der Waals surface area contributed by atoms with Crippen LogP contribution in [0.25, 0.3) is 10.2 Å². The first-order chi connectivity index (χ1) is 9.81. The lowest BCUT2D eigenvalue weighted by molar-refractivity contribution is 0.0975. The molecule has 0 spiro atoms. The van der Waals surface area contributed by atoms with Gasteiger partial charge in [-0.1, -0.05) is 11.8 Å². The lowest BCUT2D eigenvalue weighted by atomic mass is 9.84. The molecule has 5 rings (SSSR count). The maximum atomic E-state index is 4.60. The van der Waals surface area contributed by atoms with E-state index in [9.17, 15) is 0 Å². The van der Waals surface area contributed by atoms with Crippen LogP contribution in [-0.4, -0.2) is 41.8 Å². The van der Waals surface area contributed by atoms with Gasteiger partial charge in [-0.3, -0.25) is 0 Å². The van der Waals surface area contributed by atoms with Crippen LogP contribution < -0.4 is 5.32 Å². The number of thioether (sulfide) groups is 1. The van der Waals surface area contributed by atoms with E-state index in [1.54, 1.807) is 23.1 Å². The molecule has 1 atom stereocenters. The van der Waals surface area contributed by atoms with Gasteiger partial charge in [0.2, 0.25) is 0 Å². The largest absolute Gasteiger partial charge is 0.381 e. The zero-order valence-electron chi connectivity index (χ0n) is 11.6. The number of nitrogens with zero attached hydrogens (tertiary/aromatic N) is 2. The highest BCUT2D eigenvalue weighted by Crippen LogP contribution is 2.33. The summed E-state index contributed by atoms with van der Waals surface area (Å²) in [6.45, 7) is 3.81. The van der Waals surface area contributed by atoms with Crippen LogP contribution in [0.4, 0.5) is 5.69 Å². The molecule has 2 aromatic rings. The third kappa shape index (κ3) is 2.32. The van der Waals surface area contributed by atoms with Gasteiger partial charge in [0.1, 0.15) is 0 Å². The molecular formula is C15H19N3S2. The molecule has 1 N–H and O–H groups in total. The fourth-order valence-corrected chi connectivity index (χ4v) is 4.95. The van der Waals surface area contributed by atoms with Crippen molar-refractivity contribution < 1.29 is 0 Å². The minimum absolute atomic E-state index is 0.628. The van der Waals surface area contributed by atoms with E-state index in [0.29, 0.717) is 6.04 Å². The van der Waals surface area contributed by atoms with Crippen LogP contribution in [0, 0.1) is 5.92 Å². The fourth-order valence-electron chi connectivity index (χ4n) is 3.42. The zero-order chi connectivity index (χ0) is 13.5. The molecule has 1 unspecified atom stereocenters. The second kappa shape index (κ2) is 5.20. The Morgan fingerprint density at radius 2 is 2.20 bits per heavy atom. The van der Waals surface area contributed by atoms with Crippen molar-refractivity contribution in [3.63, 3.8) is 0 Å². The second-order valence-electron chi connectivity index (χ2n) is 5.76. The van der Waals surface area contributed by atoms with Gasteiger partial charge in [0, 0.05) is 18.3 Å². The van der Waals surface area contributed by atoms with E-state index in [1.165, 1.54) is 42.9 Å². The molecule has 0 radical (unpaired) electrons. The molecule has 3 saturated heterocycles. The Kier molecular flexibility index (Phi) is 3.36. The number of rotatable bonds is 3. The van der Waals surface area contributed by atoms with Gasteiger partial charge in [-0.2, -0.15) is 0 Å². The number of benzene rings is 1. The van der Waals surface area contributed by atoms with Crippen molar-refractivity contribution in [3.05, 3.63) is 18.2 Å². The zero-order valence-corrected chi connectivity index (χ0v) is 13.3. The van der Waals surface area contributed by atoms with E-state index in [2.05, 4.69) is 39.7 Å². The number of nitrogens with one attached hydrogen (secondary N) is 1. The fraction of sp³-hybridized carbons (Fsp3) is 0.533. The topological polar surface area (TPSA) is 28.2 Å². The molecule has 3 aliphatic rings. The van der Waals surface area contributed by atoms with Gasteiger partial charge >= 0.3 is 0 Å². The van der Waals surface area contributed by atoms with Gasteiger partial charge < -0.3 is 10.2 Å². The van der Waals surface area contributed by atoms with Crippen LogP contribution >= 0.6 is 23.1 Å². The predicted octanol–water partition coefficient (Wildman–Crippen LogP) is 3.52. The molecule has 4 heterocycles. The molecule has 1 aromatic heterocycles. The maximum Gasteiger partial charge on any atom is 0.150 e. The highest BCUT2D eigenvalue weighted by molar-refractivity contribution is 8.00. The Balaban J connectivity index is 1.56. The van der Waals surface area contributed by atoms with Crippen LogP contribution in [0.15, 0.2) is 22.5 Å². The van der Waals surface area contributed by atoms with Crippen molar-refractivity contribution in [2.75, 3.05) is 31.2 Å². The third-order valence-corrected chi connectivity index (χ3v) is 6.56. The van der Waals surface area contributed by atoms with E-state index in [0.717, 1.165) is 15.8 Å². The monoisotopic (exact) mass is 305 g/mol. The molecule has 3 aliphatic heterocycles. The molecule has 0 aliphatic carbocycles. The SMILES string of the molecule is CSc1nc2ccc(NC3CN4CCC3CC4)cc2s1. The quantitative estimate of drug-likeness (QED) is 0.878. The highest BCUT2D eigenvalue weighted by Gasteiger charge is 2.33. The van der Waals surface area contributed by atoms with Gasteiger partial charge in [0.25, 0.3) is 0 Å². The Hall–Kier alpha value is -0.780. The van der Waals surface area contributed by atoms with Gasteiger partial charge in [0.05, 0.1) is 10.2 Å². The number of anilines is 1. The lowest BCUT2D eigenvalue weighted by Gasteiger charge is -2.45. The van der Waals surface area contributed by atoms with Crippen LogP contribution in [-0.2, 0) is 0 Å². The number of piperidine rings is 3. The van der Waals surface area contributed by atoms with E-state index < -0.39 is 0 Å². The third-order valence-electron chi connectivity index (χ3n) is 4.55. The van der Waals surface area contributed by atoms with Gasteiger partial charge in [0.15, 0.2) is 4.34 Å². The van der Waals surface area contributed by atoms with Crippen LogP contribution in [0.3, 0.4) is 0 Å². The van der Waals surface area contributed by atoms with Gasteiger partial charge in [-0.15, -0.1) is 11.3 Å². The molecule has 3 nitrogen and oxygen atoms in total. The van der Waals surface area contributed by atoms with Crippen molar-refractivity contribution in [1.29, 1.82) is 0 Å². The summed E-state index contributed by atoms with van der Waals surface area (Å²) < 4.78 is 2.45. The minimum atomic E-state index is 0.628. The van der Waals surface area contributed by atoms with Crippen molar-refractivity contribution in [1.82, 2.24) is 9.88 Å². The molecule has 1 aromatic carbocycles. The Morgan fingerprint density at radius 3 is 2.90 bits per heavy atom. The van der Waals surface area contributed by atoms with E-state index in [-0.39, 0.29) is 0 Å². The lowest BCUT2D eigenvalue weighted by Crippen LogP contribution is -2.53. The molecule has 2 bridgehead atoms. The van der Waals surface area contributed by atoms with Crippen molar-refractivity contribution >= 4 is 39.0 Å². The minimum Gasteiger partial charge on any atom is -0.381 e. The van der Waals surface area contributed by atoms with Crippen molar-refractivity contribution in [3.8, 4) is 0 Å². The summed E-state index contributed by atoms with van der Waals surface area (Å²) in [5.41, 5.74) is 2.38. The van der Waals surface area contributed by atoms with Crippen molar-refractivity contribution in [2.45, 2.75) is 23.2 Å². The smallest absolute Gasteiger partial charge is 0.150 e. The summed E-state index contributed by atoms with van der Waals surface area (Å²) in [7, 11) is 0. The molecular weight excluding hydrogens is 286 g/mol.